The van der Waals surface area contributed by atoms with Crippen LogP contribution < -0.4 is 10.6 Å². The molecule has 3 N–H and O–H groups in total. The van der Waals surface area contributed by atoms with Gasteiger partial charge in [0.25, 0.3) is 0 Å². The van der Waals surface area contributed by atoms with E-state index in [-0.39, 0.29) is 35.6 Å². The van der Waals surface area contributed by atoms with Gasteiger partial charge in [0.2, 0.25) is 11.8 Å². The second-order valence-corrected chi connectivity index (χ2v) is 9.93. The van der Waals surface area contributed by atoms with Crippen LogP contribution in [-0.2, 0) is 26.8 Å². The molecule has 31 heavy (non-hydrogen) atoms. The number of hydrogen-bond acceptors (Lipinski definition) is 4. The van der Waals surface area contributed by atoms with E-state index in [0.717, 1.165) is 16.7 Å². The first-order valence-corrected chi connectivity index (χ1v) is 10.7. The maximum atomic E-state index is 12.3. The lowest BCUT2D eigenvalue weighted by atomic mass is 9.78. The van der Waals surface area contributed by atoms with Crippen LogP contribution >= 0.6 is 0 Å². The topological polar surface area (TPSA) is 91.3 Å². The molecule has 0 saturated heterocycles. The Morgan fingerprint density at radius 1 is 0.968 bits per heavy atom. The Hall–Kier alpha value is -2.89. The van der Waals surface area contributed by atoms with Crippen molar-refractivity contribution in [3.8, 4) is 5.75 Å². The third-order valence-electron chi connectivity index (χ3n) is 5.05. The number of nitrogens with one attached hydrogen (secondary N) is 2. The standard InChI is InChI=1S/C25H35N3O3/c1-24(2,3)19-14-17(15-20(23(19)31)25(4,5)6)9-10-21(29)27-13-11-22(30)28-18-8-7-12-26-16-18/h7-8,12,14-16,31H,9-11,13H2,1-6H3,(H,27,29)(H,28,30). The number of phenolic OH excluding ortho intramolecular Hbond substituents is 1. The van der Waals surface area contributed by atoms with Gasteiger partial charge >= 0.3 is 0 Å². The number of hydrogen-bond donors (Lipinski definition) is 3. The molecule has 1 aromatic heterocycles. The van der Waals surface area contributed by atoms with Crippen molar-refractivity contribution in [2.45, 2.75) is 71.6 Å². The first-order valence-electron chi connectivity index (χ1n) is 10.7. The Morgan fingerprint density at radius 3 is 2.10 bits per heavy atom. The molecule has 0 aliphatic rings. The first-order chi connectivity index (χ1) is 14.4. The van der Waals surface area contributed by atoms with Crippen molar-refractivity contribution in [2.75, 3.05) is 11.9 Å². The Labute approximate surface area is 185 Å². The Morgan fingerprint density at radius 2 is 1.58 bits per heavy atom. The van der Waals surface area contributed by atoms with Crippen molar-refractivity contribution in [3.63, 3.8) is 0 Å². The maximum Gasteiger partial charge on any atom is 0.226 e. The molecular formula is C25H35N3O3. The van der Waals surface area contributed by atoms with E-state index >= 15 is 0 Å². The summed E-state index contributed by atoms with van der Waals surface area (Å²) in [6, 6.07) is 7.51. The van der Waals surface area contributed by atoms with Gasteiger partial charge in [0.15, 0.2) is 0 Å². The quantitative estimate of drug-likeness (QED) is 0.611. The Balaban J connectivity index is 1.93. The third kappa shape index (κ3) is 7.39. The van der Waals surface area contributed by atoms with E-state index in [1.165, 1.54) is 0 Å². The lowest BCUT2D eigenvalue weighted by molar-refractivity contribution is -0.121. The van der Waals surface area contributed by atoms with Crippen LogP contribution in [0.1, 0.15) is 71.1 Å². The van der Waals surface area contributed by atoms with Gasteiger partial charge in [-0.1, -0.05) is 53.7 Å². The number of carbonyl (C=O) groups is 2. The molecule has 6 heteroatoms. The van der Waals surface area contributed by atoms with Crippen LogP contribution in [0.3, 0.4) is 0 Å². The molecule has 2 rings (SSSR count). The van der Waals surface area contributed by atoms with E-state index < -0.39 is 0 Å². The summed E-state index contributed by atoms with van der Waals surface area (Å²) in [7, 11) is 0. The number of nitrogens with zero attached hydrogens (tertiary/aromatic N) is 1. The molecule has 0 spiro atoms. The maximum absolute atomic E-state index is 12.3. The lowest BCUT2D eigenvalue weighted by Gasteiger charge is -2.28. The van der Waals surface area contributed by atoms with Gasteiger partial charge in [-0.05, 0) is 46.1 Å². The minimum absolute atomic E-state index is 0.100. The van der Waals surface area contributed by atoms with Crippen molar-refractivity contribution in [1.82, 2.24) is 10.3 Å². The monoisotopic (exact) mass is 425 g/mol. The number of anilines is 1. The zero-order valence-corrected chi connectivity index (χ0v) is 19.5. The lowest BCUT2D eigenvalue weighted by Crippen LogP contribution is -2.28. The number of phenols is 1. The van der Waals surface area contributed by atoms with E-state index in [0.29, 0.717) is 24.3 Å². The molecule has 0 bridgehead atoms. The summed E-state index contributed by atoms with van der Waals surface area (Å²) in [5, 5.41) is 16.4. The molecule has 6 nitrogen and oxygen atoms in total. The van der Waals surface area contributed by atoms with E-state index in [4.69, 9.17) is 0 Å². The van der Waals surface area contributed by atoms with E-state index in [1.54, 1.807) is 24.5 Å². The summed E-state index contributed by atoms with van der Waals surface area (Å²) < 4.78 is 0. The highest BCUT2D eigenvalue weighted by atomic mass is 16.3. The van der Waals surface area contributed by atoms with E-state index in [2.05, 4.69) is 57.2 Å². The summed E-state index contributed by atoms with van der Waals surface area (Å²) >= 11 is 0. The molecule has 168 valence electrons. The molecule has 2 aromatic rings. The van der Waals surface area contributed by atoms with E-state index in [1.807, 2.05) is 12.1 Å². The molecule has 0 aliphatic heterocycles. The number of amides is 2. The van der Waals surface area contributed by atoms with Gasteiger partial charge in [0, 0.05) is 25.6 Å². The van der Waals surface area contributed by atoms with Gasteiger partial charge in [0.1, 0.15) is 5.75 Å². The minimum Gasteiger partial charge on any atom is -0.507 e. The molecule has 0 atom stereocenters. The molecule has 0 unspecified atom stereocenters. The smallest absolute Gasteiger partial charge is 0.226 e. The number of aromatic hydroxyl groups is 1. The molecule has 1 heterocycles. The number of benzene rings is 1. The summed E-state index contributed by atoms with van der Waals surface area (Å²) in [5.74, 6) is 0.0705. The van der Waals surface area contributed by atoms with Crippen molar-refractivity contribution in [1.29, 1.82) is 0 Å². The Bertz CT molecular complexity index is 875. The van der Waals surface area contributed by atoms with Gasteiger partial charge < -0.3 is 15.7 Å². The van der Waals surface area contributed by atoms with Crippen molar-refractivity contribution < 1.29 is 14.7 Å². The fraction of sp³-hybridized carbons (Fsp3) is 0.480. The molecule has 2 amide bonds. The number of rotatable bonds is 7. The highest BCUT2D eigenvalue weighted by molar-refractivity contribution is 5.90. The van der Waals surface area contributed by atoms with Gasteiger partial charge in [-0.15, -0.1) is 0 Å². The fourth-order valence-electron chi connectivity index (χ4n) is 3.30. The van der Waals surface area contributed by atoms with E-state index in [9.17, 15) is 14.7 Å². The highest BCUT2D eigenvalue weighted by Gasteiger charge is 2.26. The molecule has 0 saturated carbocycles. The molecule has 1 aromatic carbocycles. The normalized spacial score (nSPS) is 11.8. The molecular weight excluding hydrogens is 390 g/mol. The average Bonchev–Trinajstić information content (AvgIpc) is 2.66. The minimum atomic E-state index is -0.204. The second kappa shape index (κ2) is 9.94. The van der Waals surface area contributed by atoms with Crippen molar-refractivity contribution in [3.05, 3.63) is 53.3 Å². The Kier molecular flexibility index (Phi) is 7.82. The summed E-state index contributed by atoms with van der Waals surface area (Å²) in [6.45, 7) is 12.7. The number of aromatic nitrogens is 1. The summed E-state index contributed by atoms with van der Waals surface area (Å²) in [4.78, 5) is 28.2. The zero-order chi connectivity index (χ0) is 23.2. The number of pyridine rings is 1. The molecule has 0 radical (unpaired) electrons. The third-order valence-corrected chi connectivity index (χ3v) is 5.05. The predicted octanol–water partition coefficient (Wildman–Crippen LogP) is 4.46. The van der Waals surface area contributed by atoms with Crippen LogP contribution in [0.5, 0.6) is 5.75 Å². The molecule has 0 fully saturated rings. The first kappa shape index (κ1) is 24.4. The van der Waals surface area contributed by atoms with Crippen molar-refractivity contribution >= 4 is 17.5 Å². The zero-order valence-electron chi connectivity index (χ0n) is 19.5. The molecule has 0 aliphatic carbocycles. The summed E-state index contributed by atoms with van der Waals surface area (Å²) in [5.41, 5.74) is 3.03. The SMILES string of the molecule is CC(C)(C)c1cc(CCC(=O)NCCC(=O)Nc2cccnc2)cc(C(C)(C)C)c1O. The predicted molar refractivity (Wildman–Crippen MR) is 124 cm³/mol. The van der Waals surface area contributed by atoms with Crippen LogP contribution in [0.25, 0.3) is 0 Å². The fourth-order valence-corrected chi connectivity index (χ4v) is 3.30. The largest absolute Gasteiger partial charge is 0.507 e. The summed E-state index contributed by atoms with van der Waals surface area (Å²) in [6.07, 6.45) is 4.30. The highest BCUT2D eigenvalue weighted by Crippen LogP contribution is 2.39. The van der Waals surface area contributed by atoms with Crippen LogP contribution in [0.4, 0.5) is 5.69 Å². The van der Waals surface area contributed by atoms with Gasteiger partial charge in [-0.2, -0.15) is 0 Å². The van der Waals surface area contributed by atoms with Crippen LogP contribution in [0, 0.1) is 0 Å². The van der Waals surface area contributed by atoms with Gasteiger partial charge in [-0.3, -0.25) is 14.6 Å². The van der Waals surface area contributed by atoms with Crippen LogP contribution in [0.15, 0.2) is 36.7 Å². The van der Waals surface area contributed by atoms with Gasteiger partial charge in [-0.25, -0.2) is 0 Å². The van der Waals surface area contributed by atoms with Gasteiger partial charge in [0.05, 0.1) is 11.9 Å². The number of aryl methyl sites for hydroxylation is 1. The second-order valence-electron chi connectivity index (χ2n) is 9.93. The van der Waals surface area contributed by atoms with Crippen LogP contribution in [0.2, 0.25) is 0 Å². The van der Waals surface area contributed by atoms with Crippen molar-refractivity contribution in [2.24, 2.45) is 0 Å². The van der Waals surface area contributed by atoms with Crippen LogP contribution in [-0.4, -0.2) is 28.4 Å². The number of carbonyl (C=O) groups excluding carboxylic acids is 2. The average molecular weight is 426 g/mol.